The number of benzene rings is 3. The molecule has 1 aliphatic rings. The van der Waals surface area contributed by atoms with Gasteiger partial charge >= 0.3 is 6.09 Å². The zero-order chi connectivity index (χ0) is 27.0. The number of amides is 1. The maximum absolute atomic E-state index is 12.4. The Morgan fingerprint density at radius 2 is 1.66 bits per heavy atom. The summed E-state index contributed by atoms with van der Waals surface area (Å²) in [5.74, 6) is 0.0421. The van der Waals surface area contributed by atoms with E-state index >= 15 is 0 Å². The summed E-state index contributed by atoms with van der Waals surface area (Å²) in [6.45, 7) is 0.955. The van der Waals surface area contributed by atoms with Gasteiger partial charge in [-0.15, -0.1) is 0 Å². The predicted octanol–water partition coefficient (Wildman–Crippen LogP) is 4.48. The number of carboxylic acid groups (broad SMARTS) is 1. The molecule has 0 bridgehead atoms. The van der Waals surface area contributed by atoms with Gasteiger partial charge in [-0.1, -0.05) is 66.7 Å². The quantitative estimate of drug-likeness (QED) is 0.287. The van der Waals surface area contributed by atoms with Crippen molar-refractivity contribution in [2.45, 2.75) is 43.7 Å². The van der Waals surface area contributed by atoms with Crippen LogP contribution in [-0.2, 0) is 22.0 Å². The molecule has 1 amide bonds. The number of ether oxygens (including phenoxy) is 1. The molecule has 1 aliphatic carbocycles. The monoisotopic (exact) mass is 537 g/mol. The van der Waals surface area contributed by atoms with Crippen molar-refractivity contribution in [3.63, 3.8) is 0 Å². The zero-order valence-corrected chi connectivity index (χ0v) is 22.3. The summed E-state index contributed by atoms with van der Waals surface area (Å²) >= 11 is 0. The molecule has 0 unspecified atom stereocenters. The van der Waals surface area contributed by atoms with E-state index in [4.69, 9.17) is 9.84 Å². The molecule has 1 fully saturated rings. The molecule has 0 aromatic heterocycles. The molecule has 0 heterocycles. The van der Waals surface area contributed by atoms with Crippen LogP contribution in [0.25, 0.3) is 11.1 Å². The number of rotatable bonds is 11. The van der Waals surface area contributed by atoms with E-state index in [1.165, 1.54) is 16.7 Å². The Hall–Kier alpha value is -3.40. The molecule has 0 radical (unpaired) electrons. The van der Waals surface area contributed by atoms with E-state index in [1.807, 2.05) is 47.8 Å². The zero-order valence-electron chi connectivity index (χ0n) is 21.5. The third kappa shape index (κ3) is 7.34. The first-order chi connectivity index (χ1) is 18.3. The Kier molecular flexibility index (Phi) is 9.04. The van der Waals surface area contributed by atoms with Crippen LogP contribution in [-0.4, -0.2) is 45.2 Å². The van der Waals surface area contributed by atoms with Crippen LogP contribution in [0.4, 0.5) is 4.79 Å². The van der Waals surface area contributed by atoms with Crippen molar-refractivity contribution in [3.05, 3.63) is 90.0 Å². The number of nitrogens with one attached hydrogen (secondary N) is 3. The van der Waals surface area contributed by atoms with Crippen molar-refractivity contribution in [3.8, 4) is 16.9 Å². The highest BCUT2D eigenvalue weighted by Crippen LogP contribution is 2.40. The molecule has 0 atom stereocenters. The maximum atomic E-state index is 12.4. The second kappa shape index (κ2) is 12.4. The lowest BCUT2D eigenvalue weighted by molar-refractivity contribution is 0.196. The van der Waals surface area contributed by atoms with E-state index in [2.05, 4.69) is 46.4 Å². The van der Waals surface area contributed by atoms with Crippen molar-refractivity contribution in [2.24, 2.45) is 0 Å². The fourth-order valence-corrected chi connectivity index (χ4v) is 5.97. The Bertz CT molecular complexity index is 1310. The highest BCUT2D eigenvalue weighted by molar-refractivity contribution is 7.89. The molecule has 9 heteroatoms. The molecular weight excluding hydrogens is 502 g/mol. The van der Waals surface area contributed by atoms with Gasteiger partial charge in [-0.3, -0.25) is 0 Å². The first-order valence-electron chi connectivity index (χ1n) is 12.7. The second-order valence-electron chi connectivity index (χ2n) is 9.79. The molecule has 0 saturated heterocycles. The molecule has 3 aromatic carbocycles. The first kappa shape index (κ1) is 27.6. The molecule has 8 nitrogen and oxygen atoms in total. The highest BCUT2D eigenvalue weighted by Gasteiger charge is 2.38. The fourth-order valence-electron chi connectivity index (χ4n) is 5.06. The third-order valence-electron chi connectivity index (χ3n) is 7.32. The summed E-state index contributed by atoms with van der Waals surface area (Å²) in [4.78, 5) is 10.8. The summed E-state index contributed by atoms with van der Waals surface area (Å²) in [7, 11) is -2.20. The van der Waals surface area contributed by atoms with Gasteiger partial charge in [0.2, 0.25) is 10.0 Å². The van der Waals surface area contributed by atoms with Crippen molar-refractivity contribution < 1.29 is 23.1 Å². The SMILES string of the molecule is COc1cccc(C2(CNS(=O)(=O)CNC(=O)O)CCC(NCc3ccc(-c4ccccc4)cc3)CC2)c1. The summed E-state index contributed by atoms with van der Waals surface area (Å²) in [5.41, 5.74) is 4.20. The Morgan fingerprint density at radius 3 is 2.32 bits per heavy atom. The topological polar surface area (TPSA) is 117 Å². The van der Waals surface area contributed by atoms with Crippen LogP contribution in [0.1, 0.15) is 36.8 Å². The molecule has 202 valence electrons. The smallest absolute Gasteiger partial charge is 0.405 e. The van der Waals surface area contributed by atoms with Crippen LogP contribution in [0.5, 0.6) is 5.75 Å². The number of methoxy groups -OCH3 is 1. The largest absolute Gasteiger partial charge is 0.497 e. The number of sulfonamides is 1. The minimum atomic E-state index is -3.81. The lowest BCUT2D eigenvalue weighted by Gasteiger charge is -2.41. The average molecular weight is 538 g/mol. The van der Waals surface area contributed by atoms with E-state index in [-0.39, 0.29) is 6.54 Å². The minimum Gasteiger partial charge on any atom is -0.497 e. The van der Waals surface area contributed by atoms with Gasteiger partial charge in [-0.25, -0.2) is 17.9 Å². The molecule has 4 N–H and O–H groups in total. The molecular formula is C29H35N3O5S. The summed E-state index contributed by atoms with van der Waals surface area (Å²) < 4.78 is 32.9. The van der Waals surface area contributed by atoms with Crippen molar-refractivity contribution in [1.29, 1.82) is 0 Å². The predicted molar refractivity (Wildman–Crippen MR) is 149 cm³/mol. The van der Waals surface area contributed by atoms with Gasteiger partial charge in [0.15, 0.2) is 0 Å². The average Bonchev–Trinajstić information content (AvgIpc) is 2.95. The van der Waals surface area contributed by atoms with Gasteiger partial charge in [-0.2, -0.15) is 0 Å². The van der Waals surface area contributed by atoms with Crippen LogP contribution in [0.15, 0.2) is 78.9 Å². The number of hydrogen-bond acceptors (Lipinski definition) is 5. The van der Waals surface area contributed by atoms with Crippen LogP contribution in [0, 0.1) is 0 Å². The molecule has 38 heavy (non-hydrogen) atoms. The van der Waals surface area contributed by atoms with Crippen molar-refractivity contribution >= 4 is 16.1 Å². The summed E-state index contributed by atoms with van der Waals surface area (Å²) in [5, 5.41) is 14.4. The van der Waals surface area contributed by atoms with Crippen molar-refractivity contribution in [1.82, 2.24) is 15.4 Å². The Morgan fingerprint density at radius 1 is 0.974 bits per heavy atom. The maximum Gasteiger partial charge on any atom is 0.405 e. The molecule has 0 spiro atoms. The van der Waals surface area contributed by atoms with Crippen LogP contribution < -0.4 is 20.1 Å². The fraction of sp³-hybridized carbons (Fsp3) is 0.345. The van der Waals surface area contributed by atoms with Gasteiger partial charge < -0.3 is 20.5 Å². The lowest BCUT2D eigenvalue weighted by atomic mass is 9.68. The van der Waals surface area contributed by atoms with Gasteiger partial charge in [0.05, 0.1) is 7.11 Å². The Labute approximate surface area is 224 Å². The van der Waals surface area contributed by atoms with Crippen molar-refractivity contribution in [2.75, 3.05) is 19.5 Å². The molecule has 3 aromatic rings. The minimum absolute atomic E-state index is 0.192. The molecule has 1 saturated carbocycles. The summed E-state index contributed by atoms with van der Waals surface area (Å²) in [6.07, 6.45) is 1.95. The summed E-state index contributed by atoms with van der Waals surface area (Å²) in [6, 6.07) is 27.0. The lowest BCUT2D eigenvalue weighted by Crippen LogP contribution is -2.47. The van der Waals surface area contributed by atoms with Gasteiger partial charge in [0.1, 0.15) is 11.6 Å². The third-order valence-corrected chi connectivity index (χ3v) is 8.43. The normalized spacial score (nSPS) is 19.6. The van der Waals surface area contributed by atoms with E-state index in [0.29, 0.717) is 6.04 Å². The van der Waals surface area contributed by atoms with Gasteiger partial charge in [0.25, 0.3) is 0 Å². The van der Waals surface area contributed by atoms with Crippen LogP contribution >= 0.6 is 0 Å². The molecule has 0 aliphatic heterocycles. The van der Waals surface area contributed by atoms with Gasteiger partial charge in [0, 0.05) is 24.5 Å². The van der Waals surface area contributed by atoms with E-state index in [9.17, 15) is 13.2 Å². The Balaban J connectivity index is 1.39. The number of carbonyl (C=O) groups is 1. The van der Waals surface area contributed by atoms with E-state index in [0.717, 1.165) is 43.5 Å². The first-order valence-corrected chi connectivity index (χ1v) is 14.4. The second-order valence-corrected chi connectivity index (χ2v) is 11.6. The number of hydrogen-bond donors (Lipinski definition) is 4. The van der Waals surface area contributed by atoms with Gasteiger partial charge in [-0.05, 0) is 60.1 Å². The standard InChI is InChI=1S/C29H35N3O5S/c1-37-27-9-5-8-25(18-27)29(20-32-38(35,36)21-31-28(33)34)16-14-26(15-17-29)30-19-22-10-12-24(13-11-22)23-6-3-2-4-7-23/h2-13,18,26,30-32H,14-17,19-21H2,1H3,(H,33,34). The van der Waals surface area contributed by atoms with E-state index in [1.54, 1.807) is 7.11 Å². The molecule has 4 rings (SSSR count). The van der Waals surface area contributed by atoms with Crippen LogP contribution in [0.2, 0.25) is 0 Å². The highest BCUT2D eigenvalue weighted by atomic mass is 32.2. The van der Waals surface area contributed by atoms with E-state index < -0.39 is 27.4 Å². The van der Waals surface area contributed by atoms with Crippen LogP contribution in [0.3, 0.4) is 0 Å².